The predicted molar refractivity (Wildman–Crippen MR) is 101 cm³/mol. The van der Waals surface area contributed by atoms with Crippen LogP contribution in [0.5, 0.6) is 0 Å². The molecule has 3 rings (SSSR count). The Morgan fingerprint density at radius 3 is 2.75 bits per heavy atom. The third kappa shape index (κ3) is 5.35. The largest absolute Gasteiger partial charge is 0.461 e. The number of nitrogens with two attached hydrogens (primary N) is 1. The number of hydrogen-bond donors (Lipinski definition) is 3. The molecule has 150 valence electrons. The summed E-state index contributed by atoms with van der Waals surface area (Å²) in [6.45, 7) is 0.254. The molecule has 0 aromatic carbocycles. The Hall–Kier alpha value is -2.82. The summed E-state index contributed by atoms with van der Waals surface area (Å²) in [6, 6.07) is 3.09. The van der Waals surface area contributed by atoms with E-state index in [9.17, 15) is 14.4 Å². The predicted octanol–water partition coefficient (Wildman–Crippen LogP) is 1.27. The fourth-order valence-corrected chi connectivity index (χ4v) is 3.76. The number of nitrogens with one attached hydrogen (secondary N) is 2. The highest BCUT2D eigenvalue weighted by molar-refractivity contribution is 7.99. The van der Waals surface area contributed by atoms with Gasteiger partial charge in [-0.25, -0.2) is 4.79 Å². The van der Waals surface area contributed by atoms with Gasteiger partial charge >= 0.3 is 6.03 Å². The summed E-state index contributed by atoms with van der Waals surface area (Å²) in [5, 5.41) is 13.7. The van der Waals surface area contributed by atoms with Gasteiger partial charge in [0.2, 0.25) is 11.8 Å². The zero-order chi connectivity index (χ0) is 19.9. The van der Waals surface area contributed by atoms with E-state index in [0.29, 0.717) is 16.7 Å². The lowest BCUT2D eigenvalue weighted by molar-refractivity contribution is -0.118. The van der Waals surface area contributed by atoms with Crippen LogP contribution in [0.2, 0.25) is 0 Å². The number of thioether (sulfide) groups is 1. The van der Waals surface area contributed by atoms with E-state index in [1.807, 2.05) is 0 Å². The number of carbonyl (C=O) groups excluding carboxylic acids is 3. The quantitative estimate of drug-likeness (QED) is 0.560. The van der Waals surface area contributed by atoms with Crippen molar-refractivity contribution < 1.29 is 18.8 Å². The number of furan rings is 1. The zero-order valence-electron chi connectivity index (χ0n) is 15.2. The lowest BCUT2D eigenvalue weighted by Crippen LogP contribution is -2.44. The molecule has 2 heterocycles. The van der Waals surface area contributed by atoms with Gasteiger partial charge in [0.25, 0.3) is 0 Å². The van der Waals surface area contributed by atoms with Crippen LogP contribution < -0.4 is 16.4 Å². The van der Waals surface area contributed by atoms with Crippen molar-refractivity contribution in [3.05, 3.63) is 18.4 Å². The third-order valence-corrected chi connectivity index (χ3v) is 5.28. The molecule has 1 aliphatic rings. The zero-order valence-corrected chi connectivity index (χ0v) is 16.0. The van der Waals surface area contributed by atoms with E-state index >= 15 is 0 Å². The first-order valence-corrected chi connectivity index (χ1v) is 10.00. The molecule has 0 bridgehead atoms. The second-order valence-corrected chi connectivity index (χ2v) is 7.39. The lowest BCUT2D eigenvalue weighted by atomic mass is 10.2. The molecule has 1 saturated carbocycles. The monoisotopic (exact) mass is 406 g/mol. The molecule has 0 saturated heterocycles. The summed E-state index contributed by atoms with van der Waals surface area (Å²) in [5.41, 5.74) is 5.24. The molecular weight excluding hydrogens is 384 g/mol. The van der Waals surface area contributed by atoms with Crippen molar-refractivity contribution in [2.45, 2.75) is 49.8 Å². The van der Waals surface area contributed by atoms with Crippen LogP contribution in [0.25, 0.3) is 11.6 Å². The summed E-state index contributed by atoms with van der Waals surface area (Å²) in [6.07, 6.45) is 5.66. The molecule has 0 spiro atoms. The van der Waals surface area contributed by atoms with Gasteiger partial charge in [-0.1, -0.05) is 24.6 Å². The number of aromatic nitrogens is 3. The second kappa shape index (κ2) is 9.40. The number of amides is 4. The first kappa shape index (κ1) is 19.9. The third-order valence-electron chi connectivity index (χ3n) is 4.32. The van der Waals surface area contributed by atoms with Crippen LogP contribution in [0.15, 0.2) is 28.0 Å². The number of urea groups is 1. The molecule has 1 fully saturated rings. The van der Waals surface area contributed by atoms with E-state index in [2.05, 4.69) is 20.8 Å². The number of hydrogen-bond acceptors (Lipinski definition) is 7. The summed E-state index contributed by atoms with van der Waals surface area (Å²) in [5.74, 6) is 0.00326. The molecule has 10 nitrogen and oxygen atoms in total. The van der Waals surface area contributed by atoms with E-state index in [-0.39, 0.29) is 24.8 Å². The fourth-order valence-electron chi connectivity index (χ4n) is 2.99. The summed E-state index contributed by atoms with van der Waals surface area (Å²) < 4.78 is 7.01. The molecule has 4 N–H and O–H groups in total. The van der Waals surface area contributed by atoms with Gasteiger partial charge in [0.1, 0.15) is 0 Å². The highest BCUT2D eigenvalue weighted by atomic mass is 32.2. The molecule has 0 aliphatic heterocycles. The highest BCUT2D eigenvalue weighted by Gasteiger charge is 2.20. The van der Waals surface area contributed by atoms with E-state index in [1.54, 1.807) is 16.7 Å². The highest BCUT2D eigenvalue weighted by Crippen LogP contribution is 2.24. The van der Waals surface area contributed by atoms with Crippen LogP contribution in [0.3, 0.4) is 0 Å². The van der Waals surface area contributed by atoms with Gasteiger partial charge in [0.15, 0.2) is 16.7 Å². The summed E-state index contributed by atoms with van der Waals surface area (Å²) in [4.78, 5) is 35.1. The van der Waals surface area contributed by atoms with Gasteiger partial charge in [-0.15, -0.1) is 10.2 Å². The lowest BCUT2D eigenvalue weighted by Gasteiger charge is -2.12. The Labute approximate surface area is 165 Å². The number of rotatable bonds is 8. The van der Waals surface area contributed by atoms with Gasteiger partial charge in [0.05, 0.1) is 12.0 Å². The molecular formula is C17H22N6O4S. The van der Waals surface area contributed by atoms with E-state index in [4.69, 9.17) is 10.2 Å². The van der Waals surface area contributed by atoms with Gasteiger partial charge in [-0.3, -0.25) is 19.5 Å². The summed E-state index contributed by atoms with van der Waals surface area (Å²) >= 11 is 1.11. The topological polar surface area (TPSA) is 145 Å². The first-order chi connectivity index (χ1) is 13.5. The van der Waals surface area contributed by atoms with Crippen molar-refractivity contribution in [3.63, 3.8) is 0 Å². The maximum Gasteiger partial charge on any atom is 0.321 e. The van der Waals surface area contributed by atoms with Gasteiger partial charge < -0.3 is 15.5 Å². The summed E-state index contributed by atoms with van der Waals surface area (Å²) in [7, 11) is 0. The number of imide groups is 1. The Morgan fingerprint density at radius 1 is 1.29 bits per heavy atom. The Balaban J connectivity index is 1.58. The Kier molecular flexibility index (Phi) is 6.69. The fraction of sp³-hybridized carbons (Fsp3) is 0.471. The maximum atomic E-state index is 12.1. The molecule has 0 unspecified atom stereocenters. The molecule has 2 aromatic rings. The van der Waals surface area contributed by atoms with Crippen LogP contribution in [0, 0.1) is 0 Å². The Bertz CT molecular complexity index is 829. The van der Waals surface area contributed by atoms with Crippen molar-refractivity contribution in [2.24, 2.45) is 5.73 Å². The van der Waals surface area contributed by atoms with E-state index < -0.39 is 17.8 Å². The van der Waals surface area contributed by atoms with Crippen molar-refractivity contribution in [2.75, 3.05) is 5.75 Å². The van der Waals surface area contributed by atoms with Crippen molar-refractivity contribution in [1.82, 2.24) is 25.4 Å². The Morgan fingerprint density at radius 2 is 2.07 bits per heavy atom. The maximum absolute atomic E-state index is 12.1. The molecule has 4 amide bonds. The number of carbonyl (C=O) groups is 3. The number of nitrogens with zero attached hydrogens (tertiary/aromatic N) is 3. The molecule has 28 heavy (non-hydrogen) atoms. The second-order valence-electron chi connectivity index (χ2n) is 6.44. The average molecular weight is 406 g/mol. The average Bonchev–Trinajstić information content (AvgIpc) is 3.39. The van der Waals surface area contributed by atoms with Gasteiger partial charge in [-0.05, 0) is 25.0 Å². The van der Waals surface area contributed by atoms with Crippen molar-refractivity contribution >= 4 is 29.6 Å². The van der Waals surface area contributed by atoms with Crippen LogP contribution in [-0.4, -0.2) is 44.4 Å². The van der Waals surface area contributed by atoms with Crippen LogP contribution in [0.4, 0.5) is 4.79 Å². The molecule has 2 aromatic heterocycles. The van der Waals surface area contributed by atoms with Gasteiger partial charge in [0, 0.05) is 19.0 Å². The standard InChI is InChI=1S/C17H22N6O4S/c18-13(24)7-8-23-15(12-6-3-9-27-12)21-22-17(23)28-10-14(25)20-16(26)19-11-4-1-2-5-11/h3,6,9,11H,1-2,4-5,7-8,10H2,(H2,18,24)(H2,19,20,25,26). The van der Waals surface area contributed by atoms with Crippen LogP contribution in [0.1, 0.15) is 32.1 Å². The van der Waals surface area contributed by atoms with Crippen molar-refractivity contribution in [1.29, 1.82) is 0 Å². The van der Waals surface area contributed by atoms with Crippen LogP contribution >= 0.6 is 11.8 Å². The van der Waals surface area contributed by atoms with E-state index in [0.717, 1.165) is 37.4 Å². The smallest absolute Gasteiger partial charge is 0.321 e. The number of primary amides is 1. The normalized spacial score (nSPS) is 14.1. The van der Waals surface area contributed by atoms with Crippen molar-refractivity contribution in [3.8, 4) is 11.6 Å². The molecule has 0 atom stereocenters. The van der Waals surface area contributed by atoms with Crippen LogP contribution in [-0.2, 0) is 16.1 Å². The minimum absolute atomic E-state index is 0.0229. The minimum atomic E-state index is -0.482. The minimum Gasteiger partial charge on any atom is -0.461 e. The van der Waals surface area contributed by atoms with Gasteiger partial charge in [-0.2, -0.15) is 0 Å². The van der Waals surface area contributed by atoms with E-state index in [1.165, 1.54) is 6.26 Å². The first-order valence-electron chi connectivity index (χ1n) is 9.01. The molecule has 1 aliphatic carbocycles. The SMILES string of the molecule is NC(=O)CCn1c(SCC(=O)NC(=O)NC2CCCC2)nnc1-c1ccco1. The molecule has 11 heteroatoms. The molecule has 0 radical (unpaired) electrons.